The standard InChI is InChI=1S/C20H30FN5O2S/c1-2-22-20(24-10-11-29(27,28)26-13-15-4-3-5-15)23-9-8-16-14-25-19-12-17(21)6-7-18(16)19/h6-7,12,14-15,25-26H,2-5,8-11,13H2,1H3,(H2,22,23,24). The van der Waals surface area contributed by atoms with Gasteiger partial charge in [-0.2, -0.15) is 0 Å². The van der Waals surface area contributed by atoms with Gasteiger partial charge >= 0.3 is 0 Å². The lowest BCUT2D eigenvalue weighted by Crippen LogP contribution is -2.39. The Morgan fingerprint density at radius 3 is 2.86 bits per heavy atom. The number of nitrogens with one attached hydrogen (secondary N) is 4. The first-order valence-electron chi connectivity index (χ1n) is 10.2. The zero-order chi connectivity index (χ0) is 20.7. The molecule has 4 N–H and O–H groups in total. The largest absolute Gasteiger partial charge is 0.361 e. The summed E-state index contributed by atoms with van der Waals surface area (Å²) in [5, 5.41) is 7.35. The van der Waals surface area contributed by atoms with Gasteiger partial charge in [-0.1, -0.05) is 6.42 Å². The van der Waals surface area contributed by atoms with Crippen LogP contribution in [0.1, 0.15) is 31.7 Å². The van der Waals surface area contributed by atoms with Gasteiger partial charge in [-0.25, -0.2) is 17.5 Å². The number of H-pyrrole nitrogens is 1. The summed E-state index contributed by atoms with van der Waals surface area (Å²) in [7, 11) is -3.29. The topological polar surface area (TPSA) is 98.4 Å². The van der Waals surface area contributed by atoms with Crippen LogP contribution >= 0.6 is 0 Å². The van der Waals surface area contributed by atoms with E-state index in [-0.39, 0.29) is 18.1 Å². The number of fused-ring (bicyclic) bond motifs is 1. The third kappa shape index (κ3) is 6.43. The van der Waals surface area contributed by atoms with Crippen molar-refractivity contribution in [3.8, 4) is 0 Å². The summed E-state index contributed by atoms with van der Waals surface area (Å²) >= 11 is 0. The van der Waals surface area contributed by atoms with Crippen molar-refractivity contribution in [3.05, 3.63) is 35.8 Å². The van der Waals surface area contributed by atoms with Crippen molar-refractivity contribution in [1.82, 2.24) is 20.3 Å². The van der Waals surface area contributed by atoms with E-state index in [4.69, 9.17) is 0 Å². The quantitative estimate of drug-likeness (QED) is 0.348. The second-order valence-electron chi connectivity index (χ2n) is 7.41. The number of rotatable bonds is 10. The van der Waals surface area contributed by atoms with E-state index in [0.29, 0.717) is 31.5 Å². The molecular weight excluding hydrogens is 393 g/mol. The Labute approximate surface area is 171 Å². The van der Waals surface area contributed by atoms with E-state index in [2.05, 4.69) is 25.3 Å². The number of nitrogens with zero attached hydrogens (tertiary/aromatic N) is 1. The van der Waals surface area contributed by atoms with E-state index in [1.807, 2.05) is 13.1 Å². The van der Waals surface area contributed by atoms with Crippen molar-refractivity contribution in [1.29, 1.82) is 0 Å². The molecule has 1 aromatic carbocycles. The molecule has 1 aliphatic carbocycles. The zero-order valence-corrected chi connectivity index (χ0v) is 17.6. The van der Waals surface area contributed by atoms with Crippen LogP contribution in [0.5, 0.6) is 0 Å². The average Bonchev–Trinajstić information content (AvgIpc) is 3.02. The number of hydrogen-bond acceptors (Lipinski definition) is 3. The van der Waals surface area contributed by atoms with Crippen LogP contribution in [0.3, 0.4) is 0 Å². The monoisotopic (exact) mass is 423 g/mol. The van der Waals surface area contributed by atoms with Gasteiger partial charge in [-0.15, -0.1) is 0 Å². The van der Waals surface area contributed by atoms with Gasteiger partial charge in [0.1, 0.15) is 5.82 Å². The van der Waals surface area contributed by atoms with E-state index < -0.39 is 10.0 Å². The Hall–Kier alpha value is -2.13. The summed E-state index contributed by atoms with van der Waals surface area (Å²) in [5.74, 6) is 0.799. The summed E-state index contributed by atoms with van der Waals surface area (Å²) in [5.41, 5.74) is 1.87. The number of benzene rings is 1. The molecule has 0 radical (unpaired) electrons. The molecule has 0 atom stereocenters. The van der Waals surface area contributed by atoms with Gasteiger partial charge in [0.25, 0.3) is 0 Å². The van der Waals surface area contributed by atoms with Gasteiger partial charge in [-0.05, 0) is 55.9 Å². The summed E-state index contributed by atoms with van der Waals surface area (Å²) in [6, 6.07) is 4.71. The maximum atomic E-state index is 13.3. The first kappa shape index (κ1) is 21.6. The van der Waals surface area contributed by atoms with Crippen LogP contribution in [-0.4, -0.2) is 51.3 Å². The van der Waals surface area contributed by atoms with Gasteiger partial charge < -0.3 is 15.6 Å². The predicted molar refractivity (Wildman–Crippen MR) is 115 cm³/mol. The van der Waals surface area contributed by atoms with Crippen molar-refractivity contribution in [2.45, 2.75) is 32.6 Å². The van der Waals surface area contributed by atoms with E-state index >= 15 is 0 Å². The van der Waals surface area contributed by atoms with E-state index in [1.165, 1.54) is 18.6 Å². The van der Waals surface area contributed by atoms with Gasteiger partial charge in [-0.3, -0.25) is 4.99 Å². The minimum absolute atomic E-state index is 0.0235. The zero-order valence-electron chi connectivity index (χ0n) is 16.8. The third-order valence-corrected chi connectivity index (χ3v) is 6.53. The van der Waals surface area contributed by atoms with Crippen LogP contribution in [-0.2, 0) is 16.4 Å². The fraction of sp³-hybridized carbons (Fsp3) is 0.550. The SMILES string of the molecule is CCNC(=NCCS(=O)(=O)NCC1CCC1)NCCc1c[nH]c2cc(F)ccc12. The lowest BCUT2D eigenvalue weighted by molar-refractivity contribution is 0.316. The number of sulfonamides is 1. The Kier molecular flexibility index (Phi) is 7.49. The molecule has 7 nitrogen and oxygen atoms in total. The first-order valence-corrected chi connectivity index (χ1v) is 11.9. The molecule has 160 valence electrons. The molecule has 1 heterocycles. The fourth-order valence-corrected chi connectivity index (χ4v) is 4.28. The van der Waals surface area contributed by atoms with Crippen LogP contribution in [0.2, 0.25) is 0 Å². The second-order valence-corrected chi connectivity index (χ2v) is 9.33. The molecule has 0 saturated heterocycles. The molecule has 1 aromatic heterocycles. The number of aromatic nitrogens is 1. The molecule has 1 fully saturated rings. The third-order valence-electron chi connectivity index (χ3n) is 5.21. The van der Waals surface area contributed by atoms with Crippen molar-refractivity contribution >= 4 is 26.9 Å². The summed E-state index contributed by atoms with van der Waals surface area (Å²) < 4.78 is 40.1. The molecule has 2 aromatic rings. The molecule has 0 unspecified atom stereocenters. The highest BCUT2D eigenvalue weighted by molar-refractivity contribution is 7.89. The number of hydrogen-bond donors (Lipinski definition) is 4. The minimum Gasteiger partial charge on any atom is -0.361 e. The van der Waals surface area contributed by atoms with Crippen LogP contribution in [0.25, 0.3) is 10.9 Å². The summed E-state index contributed by atoms with van der Waals surface area (Å²) in [4.78, 5) is 7.45. The molecule has 0 bridgehead atoms. The molecule has 0 amide bonds. The lowest BCUT2D eigenvalue weighted by Gasteiger charge is -2.25. The van der Waals surface area contributed by atoms with Gasteiger partial charge in [0.2, 0.25) is 10.0 Å². The van der Waals surface area contributed by atoms with Crippen molar-refractivity contribution in [2.75, 3.05) is 31.9 Å². The minimum atomic E-state index is -3.29. The Morgan fingerprint density at radius 2 is 2.14 bits per heavy atom. The highest BCUT2D eigenvalue weighted by atomic mass is 32.2. The lowest BCUT2D eigenvalue weighted by atomic mass is 9.86. The fourth-order valence-electron chi connectivity index (χ4n) is 3.31. The van der Waals surface area contributed by atoms with Gasteiger partial charge in [0.15, 0.2) is 5.96 Å². The van der Waals surface area contributed by atoms with Crippen molar-refractivity contribution in [3.63, 3.8) is 0 Å². The smallest absolute Gasteiger partial charge is 0.213 e. The Morgan fingerprint density at radius 1 is 1.31 bits per heavy atom. The molecule has 1 saturated carbocycles. The normalized spacial score (nSPS) is 15.4. The maximum absolute atomic E-state index is 13.3. The van der Waals surface area contributed by atoms with Crippen LogP contribution in [0, 0.1) is 11.7 Å². The van der Waals surface area contributed by atoms with Crippen molar-refractivity contribution < 1.29 is 12.8 Å². The molecular formula is C20H30FN5O2S. The molecule has 1 aliphatic rings. The number of guanidine groups is 1. The maximum Gasteiger partial charge on any atom is 0.213 e. The highest BCUT2D eigenvalue weighted by Gasteiger charge is 2.19. The molecule has 3 rings (SSSR count). The summed E-state index contributed by atoms with van der Waals surface area (Å²) in [6.07, 6.45) is 6.04. The van der Waals surface area contributed by atoms with Gasteiger partial charge in [0.05, 0.1) is 12.3 Å². The summed E-state index contributed by atoms with van der Waals surface area (Å²) in [6.45, 7) is 4.01. The van der Waals surface area contributed by atoms with E-state index in [1.54, 1.807) is 6.07 Å². The van der Waals surface area contributed by atoms with Gasteiger partial charge in [0, 0.05) is 36.7 Å². The van der Waals surface area contributed by atoms with Crippen molar-refractivity contribution in [2.24, 2.45) is 10.9 Å². The van der Waals surface area contributed by atoms with Crippen LogP contribution in [0.15, 0.2) is 29.4 Å². The number of aliphatic imine (C=N–C) groups is 1. The van der Waals surface area contributed by atoms with E-state index in [9.17, 15) is 12.8 Å². The molecule has 0 spiro atoms. The van der Waals surface area contributed by atoms with Crippen LogP contribution < -0.4 is 15.4 Å². The molecule has 9 heteroatoms. The first-order chi connectivity index (χ1) is 14.0. The number of halogens is 1. The number of aromatic amines is 1. The molecule has 29 heavy (non-hydrogen) atoms. The van der Waals surface area contributed by atoms with E-state index in [0.717, 1.165) is 35.7 Å². The average molecular weight is 424 g/mol. The highest BCUT2D eigenvalue weighted by Crippen LogP contribution is 2.25. The Balaban J connectivity index is 1.47. The molecule has 0 aliphatic heterocycles. The Bertz CT molecular complexity index is 937. The van der Waals surface area contributed by atoms with Crippen LogP contribution in [0.4, 0.5) is 4.39 Å². The predicted octanol–water partition coefficient (Wildman–Crippen LogP) is 2.12. The second kappa shape index (κ2) is 10.1.